The van der Waals surface area contributed by atoms with Crippen LogP contribution in [0.4, 0.5) is 5.82 Å². The highest BCUT2D eigenvalue weighted by molar-refractivity contribution is 5.92. The first-order valence-electron chi connectivity index (χ1n) is 8.00. The van der Waals surface area contributed by atoms with Crippen molar-refractivity contribution in [2.24, 2.45) is 0 Å². The van der Waals surface area contributed by atoms with Gasteiger partial charge in [-0.3, -0.25) is 14.5 Å². The SMILES string of the molecule is CC(C)n1nccc1C(=O)N[C@H]1CCCN(c2cnccn2)C1. The van der Waals surface area contributed by atoms with Crippen LogP contribution in [0.3, 0.4) is 0 Å². The van der Waals surface area contributed by atoms with E-state index in [1.165, 1.54) is 0 Å². The Morgan fingerprint density at radius 2 is 2.22 bits per heavy atom. The van der Waals surface area contributed by atoms with E-state index >= 15 is 0 Å². The summed E-state index contributed by atoms with van der Waals surface area (Å²) < 4.78 is 1.75. The van der Waals surface area contributed by atoms with Crippen molar-refractivity contribution in [2.45, 2.75) is 38.8 Å². The molecule has 0 saturated carbocycles. The smallest absolute Gasteiger partial charge is 0.269 e. The zero-order chi connectivity index (χ0) is 16.2. The van der Waals surface area contributed by atoms with Gasteiger partial charge in [-0.25, -0.2) is 4.98 Å². The van der Waals surface area contributed by atoms with Crippen molar-refractivity contribution in [3.05, 3.63) is 36.5 Å². The number of amides is 1. The first-order valence-corrected chi connectivity index (χ1v) is 8.00. The fraction of sp³-hybridized carbons (Fsp3) is 0.500. The van der Waals surface area contributed by atoms with Crippen molar-refractivity contribution in [1.82, 2.24) is 25.1 Å². The molecule has 0 unspecified atom stereocenters. The molecule has 2 aromatic rings. The number of carbonyl (C=O) groups is 1. The highest BCUT2D eigenvalue weighted by atomic mass is 16.2. The van der Waals surface area contributed by atoms with E-state index in [0.717, 1.165) is 31.7 Å². The van der Waals surface area contributed by atoms with Crippen LogP contribution in [0.1, 0.15) is 43.2 Å². The van der Waals surface area contributed by atoms with Crippen LogP contribution in [0.5, 0.6) is 0 Å². The number of nitrogens with zero attached hydrogens (tertiary/aromatic N) is 5. The molecule has 1 fully saturated rings. The lowest BCUT2D eigenvalue weighted by Gasteiger charge is -2.33. The van der Waals surface area contributed by atoms with Crippen molar-refractivity contribution in [3.8, 4) is 0 Å². The molecular formula is C16H22N6O. The zero-order valence-electron chi connectivity index (χ0n) is 13.5. The van der Waals surface area contributed by atoms with Gasteiger partial charge in [-0.1, -0.05) is 0 Å². The molecule has 0 aromatic carbocycles. The summed E-state index contributed by atoms with van der Waals surface area (Å²) >= 11 is 0. The summed E-state index contributed by atoms with van der Waals surface area (Å²) in [7, 11) is 0. The van der Waals surface area contributed by atoms with Crippen LogP contribution in [0.15, 0.2) is 30.9 Å². The lowest BCUT2D eigenvalue weighted by molar-refractivity contribution is 0.0920. The van der Waals surface area contributed by atoms with Crippen LogP contribution >= 0.6 is 0 Å². The topological polar surface area (TPSA) is 75.9 Å². The minimum Gasteiger partial charge on any atom is -0.353 e. The fourth-order valence-electron chi connectivity index (χ4n) is 2.92. The molecule has 3 rings (SSSR count). The molecule has 1 atom stereocenters. The van der Waals surface area contributed by atoms with E-state index in [4.69, 9.17) is 0 Å². The van der Waals surface area contributed by atoms with E-state index in [-0.39, 0.29) is 18.0 Å². The molecule has 3 heterocycles. The van der Waals surface area contributed by atoms with Crippen LogP contribution in [0.2, 0.25) is 0 Å². The van der Waals surface area contributed by atoms with Crippen LogP contribution < -0.4 is 10.2 Å². The maximum atomic E-state index is 12.5. The lowest BCUT2D eigenvalue weighted by atomic mass is 10.1. The third-order valence-corrected chi connectivity index (χ3v) is 4.02. The molecule has 1 aliphatic rings. The average molecular weight is 314 g/mol. The van der Waals surface area contributed by atoms with Crippen molar-refractivity contribution >= 4 is 11.7 Å². The summed E-state index contributed by atoms with van der Waals surface area (Å²) in [5, 5.41) is 7.35. The second-order valence-electron chi connectivity index (χ2n) is 6.08. The standard InChI is InChI=1S/C16H22N6O/c1-12(2)22-14(5-6-19-22)16(23)20-13-4-3-9-21(11-13)15-10-17-7-8-18-15/h5-8,10,12-13H,3-4,9,11H2,1-2H3,(H,20,23)/t13-/m0/s1. The Bertz CT molecular complexity index is 654. The van der Waals surface area contributed by atoms with Gasteiger partial charge in [0.2, 0.25) is 0 Å². The molecule has 2 aromatic heterocycles. The molecule has 1 N–H and O–H groups in total. The summed E-state index contributed by atoms with van der Waals surface area (Å²) in [5.74, 6) is 0.792. The van der Waals surface area contributed by atoms with Crippen LogP contribution in [-0.4, -0.2) is 44.8 Å². The third kappa shape index (κ3) is 3.49. The van der Waals surface area contributed by atoms with Gasteiger partial charge in [0.05, 0.1) is 6.20 Å². The lowest BCUT2D eigenvalue weighted by Crippen LogP contribution is -2.48. The Hall–Kier alpha value is -2.44. The van der Waals surface area contributed by atoms with Gasteiger partial charge in [-0.05, 0) is 32.8 Å². The van der Waals surface area contributed by atoms with Crippen molar-refractivity contribution < 1.29 is 4.79 Å². The normalized spacial score (nSPS) is 18.2. The Kier molecular flexibility index (Phi) is 4.55. The Morgan fingerprint density at radius 3 is 2.96 bits per heavy atom. The van der Waals surface area contributed by atoms with Gasteiger partial charge in [0.1, 0.15) is 11.5 Å². The van der Waals surface area contributed by atoms with Gasteiger partial charge in [0.25, 0.3) is 5.91 Å². The average Bonchev–Trinajstić information content (AvgIpc) is 3.06. The monoisotopic (exact) mass is 314 g/mol. The maximum absolute atomic E-state index is 12.5. The second-order valence-corrected chi connectivity index (χ2v) is 6.08. The third-order valence-electron chi connectivity index (χ3n) is 4.02. The van der Waals surface area contributed by atoms with Crippen molar-refractivity contribution in [3.63, 3.8) is 0 Å². The predicted molar refractivity (Wildman–Crippen MR) is 87.3 cm³/mol. The Balaban J connectivity index is 1.66. The van der Waals surface area contributed by atoms with Gasteiger partial charge in [-0.15, -0.1) is 0 Å². The molecule has 7 heteroatoms. The molecule has 1 amide bonds. The van der Waals surface area contributed by atoms with Gasteiger partial charge < -0.3 is 10.2 Å². The van der Waals surface area contributed by atoms with Crippen LogP contribution in [0, 0.1) is 0 Å². The first-order chi connectivity index (χ1) is 11.1. The van der Waals surface area contributed by atoms with Crippen molar-refractivity contribution in [2.75, 3.05) is 18.0 Å². The summed E-state index contributed by atoms with van der Waals surface area (Å²) in [6, 6.07) is 2.03. The number of carbonyl (C=O) groups excluding carboxylic acids is 1. The predicted octanol–water partition coefficient (Wildman–Crippen LogP) is 1.65. The molecular weight excluding hydrogens is 292 g/mol. The van der Waals surface area contributed by atoms with Crippen LogP contribution in [0.25, 0.3) is 0 Å². The van der Waals surface area contributed by atoms with Gasteiger partial charge in [-0.2, -0.15) is 5.10 Å². The number of anilines is 1. The first kappa shape index (κ1) is 15.5. The van der Waals surface area contributed by atoms with E-state index < -0.39 is 0 Å². The summed E-state index contributed by atoms with van der Waals surface area (Å²) in [6.07, 6.45) is 8.78. The minimum atomic E-state index is -0.0674. The highest BCUT2D eigenvalue weighted by Gasteiger charge is 2.24. The molecule has 0 aliphatic carbocycles. The molecule has 23 heavy (non-hydrogen) atoms. The minimum absolute atomic E-state index is 0.0674. The van der Waals surface area contributed by atoms with Crippen molar-refractivity contribution in [1.29, 1.82) is 0 Å². The zero-order valence-corrected chi connectivity index (χ0v) is 13.5. The van der Waals surface area contributed by atoms with E-state index in [1.54, 1.807) is 35.5 Å². The Labute approximate surface area is 135 Å². The highest BCUT2D eigenvalue weighted by Crippen LogP contribution is 2.17. The maximum Gasteiger partial charge on any atom is 0.269 e. The number of hydrogen-bond donors (Lipinski definition) is 1. The Morgan fingerprint density at radius 1 is 1.35 bits per heavy atom. The number of piperidine rings is 1. The largest absolute Gasteiger partial charge is 0.353 e. The molecule has 1 aliphatic heterocycles. The summed E-state index contributed by atoms with van der Waals surface area (Å²) in [6.45, 7) is 5.72. The molecule has 0 radical (unpaired) electrons. The molecule has 122 valence electrons. The van der Waals surface area contributed by atoms with Gasteiger partial charge in [0, 0.05) is 43.8 Å². The fourth-order valence-corrected chi connectivity index (χ4v) is 2.92. The number of rotatable bonds is 4. The number of nitrogens with one attached hydrogen (secondary N) is 1. The summed E-state index contributed by atoms with van der Waals surface area (Å²) in [4.78, 5) is 23.1. The van der Waals surface area contributed by atoms with Crippen LogP contribution in [-0.2, 0) is 0 Å². The molecule has 0 spiro atoms. The van der Waals surface area contributed by atoms with E-state index in [1.807, 2.05) is 13.8 Å². The quantitative estimate of drug-likeness (QED) is 0.928. The molecule has 1 saturated heterocycles. The molecule has 7 nitrogen and oxygen atoms in total. The number of hydrogen-bond acceptors (Lipinski definition) is 5. The van der Waals surface area contributed by atoms with E-state index in [2.05, 4.69) is 25.3 Å². The van der Waals surface area contributed by atoms with Gasteiger partial charge >= 0.3 is 0 Å². The molecule has 0 bridgehead atoms. The second kappa shape index (κ2) is 6.76. The number of aromatic nitrogens is 4. The van der Waals surface area contributed by atoms with E-state index in [0.29, 0.717) is 5.69 Å². The van der Waals surface area contributed by atoms with E-state index in [9.17, 15) is 4.79 Å². The summed E-state index contributed by atoms with van der Waals surface area (Å²) in [5.41, 5.74) is 0.608. The van der Waals surface area contributed by atoms with Gasteiger partial charge in [0.15, 0.2) is 0 Å².